The first kappa shape index (κ1) is 18.9. The number of piperidine rings is 1. The topological polar surface area (TPSA) is 70.2 Å². The quantitative estimate of drug-likeness (QED) is 0.733. The van der Waals surface area contributed by atoms with Crippen LogP contribution in [-0.4, -0.2) is 37.5 Å². The summed E-state index contributed by atoms with van der Waals surface area (Å²) in [6.45, 7) is 2.44. The summed E-state index contributed by atoms with van der Waals surface area (Å²) in [4.78, 5) is 24.4. The number of rotatable bonds is 6. The summed E-state index contributed by atoms with van der Waals surface area (Å²) in [5.74, 6) is 0.429. The van der Waals surface area contributed by atoms with Crippen molar-refractivity contribution in [2.24, 2.45) is 0 Å². The van der Waals surface area contributed by atoms with Crippen molar-refractivity contribution in [3.8, 4) is 0 Å². The van der Waals surface area contributed by atoms with Gasteiger partial charge in [0.2, 0.25) is 5.91 Å². The number of amides is 2. The van der Waals surface area contributed by atoms with Crippen molar-refractivity contribution >= 4 is 11.8 Å². The third-order valence-corrected chi connectivity index (χ3v) is 5.52. The van der Waals surface area contributed by atoms with Crippen molar-refractivity contribution in [2.75, 3.05) is 19.6 Å². The van der Waals surface area contributed by atoms with E-state index in [1.54, 1.807) is 0 Å². The van der Waals surface area contributed by atoms with Gasteiger partial charge in [-0.2, -0.15) is 0 Å². The average molecular weight is 357 g/mol. The molecule has 1 aliphatic heterocycles. The van der Waals surface area contributed by atoms with E-state index in [1.807, 2.05) is 18.2 Å². The Morgan fingerprint density at radius 1 is 1.08 bits per heavy atom. The zero-order valence-electron chi connectivity index (χ0n) is 15.6. The summed E-state index contributed by atoms with van der Waals surface area (Å²) in [6.07, 6.45) is 8.54. The van der Waals surface area contributed by atoms with Gasteiger partial charge in [0.1, 0.15) is 0 Å². The van der Waals surface area contributed by atoms with Crippen LogP contribution in [0.15, 0.2) is 24.3 Å². The van der Waals surface area contributed by atoms with Crippen LogP contribution in [0, 0.1) is 0 Å². The largest absolute Gasteiger partial charge is 0.353 e. The van der Waals surface area contributed by atoms with Crippen molar-refractivity contribution in [2.45, 2.75) is 63.3 Å². The van der Waals surface area contributed by atoms with Crippen LogP contribution in [-0.2, 0) is 4.79 Å². The van der Waals surface area contributed by atoms with Gasteiger partial charge >= 0.3 is 0 Å². The first-order chi connectivity index (χ1) is 12.7. The van der Waals surface area contributed by atoms with Crippen LogP contribution in [0.2, 0.25) is 0 Å². The summed E-state index contributed by atoms with van der Waals surface area (Å²) >= 11 is 0. The van der Waals surface area contributed by atoms with Crippen molar-refractivity contribution in [3.63, 3.8) is 0 Å². The molecule has 142 valence electrons. The maximum Gasteiger partial charge on any atom is 0.251 e. The van der Waals surface area contributed by atoms with E-state index in [4.69, 9.17) is 0 Å². The predicted octanol–water partition coefficient (Wildman–Crippen LogP) is 2.72. The Balaban J connectivity index is 1.43. The molecule has 0 radical (unpaired) electrons. The van der Waals surface area contributed by atoms with Gasteiger partial charge in [-0.3, -0.25) is 9.59 Å². The standard InChI is InChI=1S/C21H31N3O2/c25-20(24-19-9-2-1-3-10-19)11-13-23-21(26)17-7-4-6-16(14-17)18-8-5-12-22-15-18/h4,6-7,14,18-19,22H,1-3,5,8-13,15H2,(H,23,26)(H,24,25)/t18-/m1/s1. The van der Waals surface area contributed by atoms with Gasteiger partial charge in [-0.15, -0.1) is 0 Å². The van der Waals surface area contributed by atoms with Gasteiger partial charge in [0.05, 0.1) is 0 Å². The lowest BCUT2D eigenvalue weighted by molar-refractivity contribution is -0.121. The number of carbonyl (C=O) groups is 2. The number of carbonyl (C=O) groups excluding carboxylic acids is 2. The van der Waals surface area contributed by atoms with Crippen LogP contribution < -0.4 is 16.0 Å². The predicted molar refractivity (Wildman–Crippen MR) is 103 cm³/mol. The second-order valence-corrected chi connectivity index (χ2v) is 7.58. The van der Waals surface area contributed by atoms with E-state index in [-0.39, 0.29) is 11.8 Å². The second kappa shape index (κ2) is 9.72. The molecule has 1 aromatic rings. The van der Waals surface area contributed by atoms with E-state index in [2.05, 4.69) is 22.0 Å². The smallest absolute Gasteiger partial charge is 0.251 e. The van der Waals surface area contributed by atoms with Crippen molar-refractivity contribution in [1.82, 2.24) is 16.0 Å². The molecule has 26 heavy (non-hydrogen) atoms. The SMILES string of the molecule is O=C(CCNC(=O)c1cccc([C@@H]2CCCNC2)c1)NC1CCCCC1. The molecule has 1 saturated heterocycles. The molecular weight excluding hydrogens is 326 g/mol. The molecule has 2 aliphatic rings. The molecule has 3 N–H and O–H groups in total. The highest BCUT2D eigenvalue weighted by atomic mass is 16.2. The van der Waals surface area contributed by atoms with Crippen LogP contribution in [0.25, 0.3) is 0 Å². The lowest BCUT2D eigenvalue weighted by Crippen LogP contribution is -2.38. The third-order valence-electron chi connectivity index (χ3n) is 5.52. The molecule has 0 unspecified atom stereocenters. The summed E-state index contributed by atoms with van der Waals surface area (Å²) in [5, 5.41) is 9.39. The molecule has 1 atom stereocenters. The van der Waals surface area contributed by atoms with Gasteiger partial charge in [0.15, 0.2) is 0 Å². The molecule has 2 amide bonds. The van der Waals surface area contributed by atoms with Gasteiger partial charge in [0.25, 0.3) is 5.91 Å². The van der Waals surface area contributed by atoms with Crippen LogP contribution in [0.1, 0.15) is 73.2 Å². The van der Waals surface area contributed by atoms with Gasteiger partial charge in [-0.1, -0.05) is 31.4 Å². The zero-order valence-corrected chi connectivity index (χ0v) is 15.6. The summed E-state index contributed by atoms with van der Waals surface area (Å²) in [5.41, 5.74) is 1.90. The Bertz CT molecular complexity index is 605. The maximum absolute atomic E-state index is 12.4. The van der Waals surface area contributed by atoms with Gasteiger partial charge in [-0.25, -0.2) is 0 Å². The number of hydrogen-bond acceptors (Lipinski definition) is 3. The minimum atomic E-state index is -0.0962. The van der Waals surface area contributed by atoms with Crippen LogP contribution in [0.3, 0.4) is 0 Å². The van der Waals surface area contributed by atoms with Crippen LogP contribution in [0.5, 0.6) is 0 Å². The Labute approximate surface area is 156 Å². The molecule has 1 saturated carbocycles. The van der Waals surface area contributed by atoms with E-state index in [0.717, 1.165) is 25.9 Å². The minimum absolute atomic E-state index is 0.0410. The maximum atomic E-state index is 12.4. The first-order valence-corrected chi connectivity index (χ1v) is 10.1. The highest BCUT2D eigenvalue weighted by molar-refractivity contribution is 5.94. The lowest BCUT2D eigenvalue weighted by atomic mass is 9.90. The van der Waals surface area contributed by atoms with E-state index in [9.17, 15) is 9.59 Å². The highest BCUT2D eigenvalue weighted by Crippen LogP contribution is 2.23. The van der Waals surface area contributed by atoms with Gasteiger partial charge < -0.3 is 16.0 Å². The fourth-order valence-corrected chi connectivity index (χ4v) is 4.01. The molecule has 1 aromatic carbocycles. The lowest BCUT2D eigenvalue weighted by Gasteiger charge is -2.23. The van der Waals surface area contributed by atoms with E-state index in [0.29, 0.717) is 30.5 Å². The molecule has 1 aliphatic carbocycles. The molecule has 0 bridgehead atoms. The number of benzene rings is 1. The normalized spacial score (nSPS) is 21.2. The van der Waals surface area contributed by atoms with Crippen molar-refractivity contribution in [1.29, 1.82) is 0 Å². The van der Waals surface area contributed by atoms with Gasteiger partial charge in [0, 0.05) is 31.1 Å². The molecule has 3 rings (SSSR count). The molecular formula is C21H31N3O2. The second-order valence-electron chi connectivity index (χ2n) is 7.58. The van der Waals surface area contributed by atoms with Crippen molar-refractivity contribution < 1.29 is 9.59 Å². The Morgan fingerprint density at radius 2 is 1.92 bits per heavy atom. The Hall–Kier alpha value is -1.88. The molecule has 5 heteroatoms. The third kappa shape index (κ3) is 5.56. The van der Waals surface area contributed by atoms with Crippen LogP contribution in [0.4, 0.5) is 0 Å². The van der Waals surface area contributed by atoms with Crippen molar-refractivity contribution in [3.05, 3.63) is 35.4 Å². The molecule has 0 spiro atoms. The monoisotopic (exact) mass is 357 g/mol. The summed E-state index contributed by atoms with van der Waals surface area (Å²) in [6, 6.07) is 8.22. The van der Waals surface area contributed by atoms with E-state index < -0.39 is 0 Å². The molecule has 1 heterocycles. The Morgan fingerprint density at radius 3 is 2.69 bits per heavy atom. The van der Waals surface area contributed by atoms with E-state index >= 15 is 0 Å². The molecule has 5 nitrogen and oxygen atoms in total. The van der Waals surface area contributed by atoms with E-state index in [1.165, 1.54) is 37.7 Å². The van der Waals surface area contributed by atoms with Gasteiger partial charge in [-0.05, 0) is 55.8 Å². The molecule has 2 fully saturated rings. The molecule has 0 aromatic heterocycles. The minimum Gasteiger partial charge on any atom is -0.353 e. The fourth-order valence-electron chi connectivity index (χ4n) is 4.01. The summed E-state index contributed by atoms with van der Waals surface area (Å²) in [7, 11) is 0. The zero-order chi connectivity index (χ0) is 18.2. The Kier molecular flexibility index (Phi) is 7.06. The first-order valence-electron chi connectivity index (χ1n) is 10.1. The highest BCUT2D eigenvalue weighted by Gasteiger charge is 2.17. The average Bonchev–Trinajstić information content (AvgIpc) is 2.69. The number of hydrogen-bond donors (Lipinski definition) is 3. The van der Waals surface area contributed by atoms with Crippen LogP contribution >= 0.6 is 0 Å². The fraction of sp³-hybridized carbons (Fsp3) is 0.619. The summed E-state index contributed by atoms with van der Waals surface area (Å²) < 4.78 is 0. The number of nitrogens with one attached hydrogen (secondary N) is 3.